The molecule has 7 heteroatoms. The second kappa shape index (κ2) is 9.89. The van der Waals surface area contributed by atoms with Gasteiger partial charge in [0.15, 0.2) is 11.5 Å². The van der Waals surface area contributed by atoms with Crippen LogP contribution in [0.3, 0.4) is 0 Å². The molecule has 2 heterocycles. The number of rotatable bonds is 7. The van der Waals surface area contributed by atoms with Gasteiger partial charge in [0, 0.05) is 25.7 Å². The third-order valence-corrected chi connectivity index (χ3v) is 6.38. The van der Waals surface area contributed by atoms with E-state index in [1.165, 1.54) is 17.2 Å². The van der Waals surface area contributed by atoms with Crippen LogP contribution >= 0.6 is 0 Å². The first kappa shape index (κ1) is 23.8. The van der Waals surface area contributed by atoms with Crippen LogP contribution in [0.5, 0.6) is 11.5 Å². The van der Waals surface area contributed by atoms with Crippen molar-refractivity contribution in [3.05, 3.63) is 52.7 Å². The molecule has 7 nitrogen and oxygen atoms in total. The van der Waals surface area contributed by atoms with E-state index in [4.69, 9.17) is 4.52 Å². The smallest absolute Gasteiger partial charge is 0.274 e. The van der Waals surface area contributed by atoms with Crippen molar-refractivity contribution < 1.29 is 19.5 Å². The van der Waals surface area contributed by atoms with Crippen LogP contribution in [0.1, 0.15) is 67.2 Å². The largest absolute Gasteiger partial charge is 0.508 e. The summed E-state index contributed by atoms with van der Waals surface area (Å²) in [6, 6.07) is 9.24. The number of hydrogen-bond acceptors (Lipinski definition) is 6. The fourth-order valence-electron chi connectivity index (χ4n) is 4.65. The number of nitrogens with zero attached hydrogens (tertiary/aromatic N) is 2. The Morgan fingerprint density at radius 3 is 2.65 bits per heavy atom. The van der Waals surface area contributed by atoms with Crippen LogP contribution in [0.25, 0.3) is 22.5 Å². The van der Waals surface area contributed by atoms with Gasteiger partial charge in [-0.2, -0.15) is 0 Å². The minimum absolute atomic E-state index is 0.0201. The van der Waals surface area contributed by atoms with Crippen LogP contribution in [-0.2, 0) is 13.0 Å². The number of phenols is 2. The van der Waals surface area contributed by atoms with Crippen molar-refractivity contribution >= 4 is 5.91 Å². The number of amides is 1. The molecule has 3 aromatic rings. The van der Waals surface area contributed by atoms with Gasteiger partial charge in [0.1, 0.15) is 11.5 Å². The molecule has 1 aromatic heterocycles. The molecule has 0 aliphatic carbocycles. The number of nitrogens with one attached hydrogen (secondary N) is 1. The Morgan fingerprint density at radius 1 is 1.15 bits per heavy atom. The summed E-state index contributed by atoms with van der Waals surface area (Å²) in [5, 5.41) is 27.9. The summed E-state index contributed by atoms with van der Waals surface area (Å²) in [4.78, 5) is 15.3. The average Bonchev–Trinajstić information content (AvgIpc) is 3.24. The summed E-state index contributed by atoms with van der Waals surface area (Å²) in [6.07, 6.45) is 2.06. The van der Waals surface area contributed by atoms with Gasteiger partial charge in [0.2, 0.25) is 0 Å². The highest BCUT2D eigenvalue weighted by molar-refractivity contribution is 6.02. The van der Waals surface area contributed by atoms with E-state index in [9.17, 15) is 15.0 Å². The predicted octanol–water partition coefficient (Wildman–Crippen LogP) is 5.06. The molecule has 0 saturated carbocycles. The van der Waals surface area contributed by atoms with Crippen molar-refractivity contribution in [1.29, 1.82) is 0 Å². The molecule has 0 spiro atoms. The molecule has 2 aromatic carbocycles. The molecule has 0 unspecified atom stereocenters. The van der Waals surface area contributed by atoms with Gasteiger partial charge in [-0.1, -0.05) is 44.1 Å². The van der Waals surface area contributed by atoms with Gasteiger partial charge in [-0.05, 0) is 60.5 Å². The lowest BCUT2D eigenvalue weighted by Gasteiger charge is -2.28. The molecule has 1 amide bonds. The summed E-state index contributed by atoms with van der Waals surface area (Å²) >= 11 is 0. The SMILES string of the molecule is CCCN1CCc2cc(-c3c(C(=O)NCC)noc3-c3cc(C(C)C)c(O)cc3O)ccc2C1. The molecule has 1 aliphatic heterocycles. The van der Waals surface area contributed by atoms with Gasteiger partial charge in [-0.25, -0.2) is 0 Å². The monoisotopic (exact) mass is 463 g/mol. The van der Waals surface area contributed by atoms with Gasteiger partial charge in [-0.3, -0.25) is 9.69 Å². The van der Waals surface area contributed by atoms with Gasteiger partial charge >= 0.3 is 0 Å². The Hall–Kier alpha value is -3.32. The second-order valence-corrected chi connectivity index (χ2v) is 9.19. The van der Waals surface area contributed by atoms with Crippen molar-refractivity contribution in [3.8, 4) is 33.9 Å². The molecule has 0 atom stereocenters. The summed E-state index contributed by atoms with van der Waals surface area (Å²) < 4.78 is 5.69. The van der Waals surface area contributed by atoms with Gasteiger partial charge in [-0.15, -0.1) is 0 Å². The van der Waals surface area contributed by atoms with Crippen LogP contribution < -0.4 is 5.32 Å². The summed E-state index contributed by atoms with van der Waals surface area (Å²) in [6.45, 7) is 11.4. The molecule has 0 saturated heterocycles. The lowest BCUT2D eigenvalue weighted by atomic mass is 9.91. The maximum atomic E-state index is 12.9. The quantitative estimate of drug-likeness (QED) is 0.453. The standard InChI is InChI=1S/C27H33N3O4/c1-5-10-30-11-9-17-12-18(7-8-19(17)15-30)24-25(27(33)28-6-2)29-34-26(24)21-13-20(16(3)4)22(31)14-23(21)32/h7-8,12-14,16,31-32H,5-6,9-11,15H2,1-4H3,(H,28,33). The van der Waals surface area contributed by atoms with Crippen molar-refractivity contribution in [2.75, 3.05) is 19.6 Å². The summed E-state index contributed by atoms with van der Waals surface area (Å²) in [5.41, 5.74) is 5.15. The van der Waals surface area contributed by atoms with E-state index >= 15 is 0 Å². The van der Waals surface area contributed by atoms with Crippen molar-refractivity contribution in [2.45, 2.75) is 53.0 Å². The first-order valence-corrected chi connectivity index (χ1v) is 12.0. The third kappa shape index (κ3) is 4.53. The first-order valence-electron chi connectivity index (χ1n) is 12.0. The average molecular weight is 464 g/mol. The number of aromatic nitrogens is 1. The summed E-state index contributed by atoms with van der Waals surface area (Å²) in [5.74, 6) is -0.101. The molecule has 3 N–H and O–H groups in total. The normalized spacial score (nSPS) is 13.8. The molecule has 0 radical (unpaired) electrons. The van der Waals surface area contributed by atoms with E-state index in [-0.39, 0.29) is 29.0 Å². The van der Waals surface area contributed by atoms with Crippen molar-refractivity contribution in [3.63, 3.8) is 0 Å². The zero-order valence-corrected chi connectivity index (χ0v) is 20.3. The summed E-state index contributed by atoms with van der Waals surface area (Å²) in [7, 11) is 0. The maximum Gasteiger partial charge on any atom is 0.274 e. The van der Waals surface area contributed by atoms with Gasteiger partial charge in [0.05, 0.1) is 11.1 Å². The van der Waals surface area contributed by atoms with Gasteiger partial charge < -0.3 is 20.1 Å². The predicted molar refractivity (Wildman–Crippen MR) is 132 cm³/mol. The first-order chi connectivity index (χ1) is 16.3. The van der Waals surface area contributed by atoms with E-state index in [0.29, 0.717) is 29.0 Å². The van der Waals surface area contributed by atoms with E-state index in [0.717, 1.165) is 38.0 Å². The zero-order valence-electron chi connectivity index (χ0n) is 20.3. The Labute approximate surface area is 200 Å². The van der Waals surface area contributed by atoms with E-state index in [1.807, 2.05) is 26.8 Å². The molecular weight excluding hydrogens is 430 g/mol. The van der Waals surface area contributed by atoms with Crippen LogP contribution in [-0.4, -0.2) is 45.8 Å². The number of phenolic OH excluding ortho intramolecular Hbond substituents is 2. The van der Waals surface area contributed by atoms with Crippen LogP contribution in [0.4, 0.5) is 0 Å². The fraction of sp³-hybridized carbons (Fsp3) is 0.407. The van der Waals surface area contributed by atoms with Crippen molar-refractivity contribution in [2.24, 2.45) is 0 Å². The van der Waals surface area contributed by atoms with Crippen LogP contribution in [0.15, 0.2) is 34.9 Å². The molecule has 1 aliphatic rings. The number of carbonyl (C=O) groups is 1. The van der Waals surface area contributed by atoms with Crippen LogP contribution in [0, 0.1) is 0 Å². The molecule has 180 valence electrons. The molecule has 34 heavy (non-hydrogen) atoms. The molecule has 4 rings (SSSR count). The highest BCUT2D eigenvalue weighted by atomic mass is 16.5. The number of aromatic hydroxyl groups is 2. The Morgan fingerprint density at radius 2 is 1.94 bits per heavy atom. The molecule has 0 bridgehead atoms. The highest BCUT2D eigenvalue weighted by Gasteiger charge is 2.28. The van der Waals surface area contributed by atoms with Crippen molar-refractivity contribution in [1.82, 2.24) is 15.4 Å². The van der Waals surface area contributed by atoms with E-state index in [1.54, 1.807) is 6.07 Å². The Balaban J connectivity index is 1.85. The number of carbonyl (C=O) groups excluding carboxylic acids is 1. The van der Waals surface area contributed by atoms with E-state index in [2.05, 4.69) is 34.4 Å². The van der Waals surface area contributed by atoms with Gasteiger partial charge in [0.25, 0.3) is 5.91 Å². The van der Waals surface area contributed by atoms with Crippen LogP contribution in [0.2, 0.25) is 0 Å². The Bertz CT molecular complexity index is 1200. The fourth-order valence-corrected chi connectivity index (χ4v) is 4.65. The topological polar surface area (TPSA) is 98.8 Å². The lowest BCUT2D eigenvalue weighted by molar-refractivity contribution is 0.0947. The molecular formula is C27H33N3O4. The number of benzene rings is 2. The zero-order chi connectivity index (χ0) is 24.4. The minimum Gasteiger partial charge on any atom is -0.508 e. The number of fused-ring (bicyclic) bond motifs is 1. The number of hydrogen-bond donors (Lipinski definition) is 3. The Kier molecular flexibility index (Phi) is 6.93. The molecule has 0 fully saturated rings. The maximum absolute atomic E-state index is 12.9. The highest BCUT2D eigenvalue weighted by Crippen LogP contribution is 2.43. The minimum atomic E-state index is -0.332. The third-order valence-electron chi connectivity index (χ3n) is 6.38. The second-order valence-electron chi connectivity index (χ2n) is 9.19. The van der Waals surface area contributed by atoms with E-state index < -0.39 is 0 Å². The lowest BCUT2D eigenvalue weighted by Crippen LogP contribution is -2.31.